The highest BCUT2D eigenvalue weighted by molar-refractivity contribution is 5.99. The van der Waals surface area contributed by atoms with E-state index in [1.54, 1.807) is 0 Å². The Morgan fingerprint density at radius 2 is 2.12 bits per heavy atom. The molecule has 0 unspecified atom stereocenters. The third-order valence-electron chi connectivity index (χ3n) is 3.03. The van der Waals surface area contributed by atoms with E-state index in [0.29, 0.717) is 6.04 Å². The average molecular weight is 215 g/mol. The number of benzene rings is 1. The highest BCUT2D eigenvalue weighted by Crippen LogP contribution is 2.27. The summed E-state index contributed by atoms with van der Waals surface area (Å²) in [4.78, 5) is 11.0. The second kappa shape index (κ2) is 4.12. The maximum absolute atomic E-state index is 11.0. The van der Waals surface area contributed by atoms with Crippen molar-refractivity contribution < 1.29 is 4.79 Å². The zero-order valence-corrected chi connectivity index (χ0v) is 10.0. The van der Waals surface area contributed by atoms with Gasteiger partial charge in [0.25, 0.3) is 0 Å². The van der Waals surface area contributed by atoms with Crippen LogP contribution >= 0.6 is 0 Å². The molecule has 0 aliphatic rings. The molecule has 0 amide bonds. The molecule has 0 atom stereocenters. The van der Waals surface area contributed by atoms with Crippen molar-refractivity contribution in [2.24, 2.45) is 0 Å². The van der Waals surface area contributed by atoms with Crippen LogP contribution in [0.25, 0.3) is 10.9 Å². The molecule has 2 aromatic rings. The fourth-order valence-corrected chi connectivity index (χ4v) is 2.20. The Bertz CT molecular complexity index is 523. The van der Waals surface area contributed by atoms with Crippen LogP contribution in [0.4, 0.5) is 0 Å². The summed E-state index contributed by atoms with van der Waals surface area (Å²) in [5.41, 5.74) is 3.31. The van der Waals surface area contributed by atoms with E-state index in [1.165, 1.54) is 11.1 Å². The molecule has 0 bridgehead atoms. The molecule has 1 aromatic heterocycles. The van der Waals surface area contributed by atoms with Crippen molar-refractivity contribution in [3.8, 4) is 0 Å². The van der Waals surface area contributed by atoms with Crippen molar-refractivity contribution in [1.82, 2.24) is 4.57 Å². The smallest absolute Gasteiger partial charge is 0.152 e. The second-order valence-corrected chi connectivity index (χ2v) is 4.37. The molecule has 0 spiro atoms. The first-order valence-corrected chi connectivity index (χ1v) is 5.76. The maximum atomic E-state index is 11.0. The van der Waals surface area contributed by atoms with Gasteiger partial charge in [-0.25, -0.2) is 0 Å². The van der Waals surface area contributed by atoms with Gasteiger partial charge in [-0.3, -0.25) is 4.79 Å². The van der Waals surface area contributed by atoms with Crippen molar-refractivity contribution in [1.29, 1.82) is 0 Å². The number of rotatable bonds is 3. The van der Waals surface area contributed by atoms with Crippen LogP contribution < -0.4 is 0 Å². The Kier molecular flexibility index (Phi) is 2.82. The highest BCUT2D eigenvalue weighted by atomic mass is 16.1. The molecule has 2 nitrogen and oxygen atoms in total. The Morgan fingerprint density at radius 3 is 2.69 bits per heavy atom. The average Bonchev–Trinajstić information content (AvgIpc) is 2.67. The molecule has 0 aliphatic heterocycles. The number of carbonyl (C=O) groups excluding carboxylic acids is 1. The molecule has 0 saturated carbocycles. The van der Waals surface area contributed by atoms with E-state index >= 15 is 0 Å². The number of aldehydes is 1. The van der Waals surface area contributed by atoms with Crippen LogP contribution in [0.3, 0.4) is 0 Å². The van der Waals surface area contributed by atoms with Crippen molar-refractivity contribution in [2.75, 3.05) is 0 Å². The monoisotopic (exact) mass is 215 g/mol. The standard InChI is InChI=1S/C14H17NO/c1-4-11-6-5-7-13-12(9-16)8-15(10(2)3)14(11)13/h5-10H,4H2,1-3H3. The Labute approximate surface area is 95.9 Å². The normalized spacial score (nSPS) is 11.2. The van der Waals surface area contributed by atoms with Crippen LogP contribution in [0.2, 0.25) is 0 Å². The molecule has 0 aliphatic carbocycles. The van der Waals surface area contributed by atoms with Gasteiger partial charge in [0.2, 0.25) is 0 Å². The lowest BCUT2D eigenvalue weighted by atomic mass is 10.1. The van der Waals surface area contributed by atoms with Gasteiger partial charge in [0.05, 0.1) is 5.52 Å². The zero-order chi connectivity index (χ0) is 11.7. The van der Waals surface area contributed by atoms with Gasteiger partial charge >= 0.3 is 0 Å². The van der Waals surface area contributed by atoms with E-state index in [1.807, 2.05) is 18.3 Å². The summed E-state index contributed by atoms with van der Waals surface area (Å²) in [5, 5.41) is 1.07. The van der Waals surface area contributed by atoms with Gasteiger partial charge in [0.1, 0.15) is 0 Å². The summed E-state index contributed by atoms with van der Waals surface area (Å²) in [6, 6.07) is 6.56. The summed E-state index contributed by atoms with van der Waals surface area (Å²) in [5.74, 6) is 0. The van der Waals surface area contributed by atoms with Gasteiger partial charge in [-0.05, 0) is 25.8 Å². The van der Waals surface area contributed by atoms with Gasteiger partial charge in [-0.15, -0.1) is 0 Å². The lowest BCUT2D eigenvalue weighted by Gasteiger charge is -2.11. The molecule has 84 valence electrons. The molecule has 16 heavy (non-hydrogen) atoms. The maximum Gasteiger partial charge on any atom is 0.152 e. The van der Waals surface area contributed by atoms with E-state index in [0.717, 1.165) is 23.7 Å². The first-order chi connectivity index (χ1) is 7.69. The number of fused-ring (bicyclic) bond motifs is 1. The fourth-order valence-electron chi connectivity index (χ4n) is 2.20. The number of para-hydroxylation sites is 1. The first-order valence-electron chi connectivity index (χ1n) is 5.76. The van der Waals surface area contributed by atoms with Crippen LogP contribution in [-0.4, -0.2) is 10.9 Å². The van der Waals surface area contributed by atoms with E-state index in [-0.39, 0.29) is 0 Å². The number of carbonyl (C=O) groups is 1. The Morgan fingerprint density at radius 1 is 1.38 bits per heavy atom. The Hall–Kier alpha value is -1.57. The molecule has 1 aromatic carbocycles. The number of nitrogens with zero attached hydrogens (tertiary/aromatic N) is 1. The lowest BCUT2D eigenvalue weighted by Crippen LogP contribution is -2.00. The van der Waals surface area contributed by atoms with Gasteiger partial charge in [0.15, 0.2) is 6.29 Å². The largest absolute Gasteiger partial charge is 0.344 e. The summed E-state index contributed by atoms with van der Waals surface area (Å²) in [6.45, 7) is 6.42. The number of aryl methyl sites for hydroxylation is 1. The van der Waals surface area contributed by atoms with Crippen LogP contribution in [0.15, 0.2) is 24.4 Å². The van der Waals surface area contributed by atoms with Crippen molar-refractivity contribution in [3.05, 3.63) is 35.5 Å². The summed E-state index contributed by atoms with van der Waals surface area (Å²) in [6.07, 6.45) is 3.90. The van der Waals surface area contributed by atoms with E-state index in [2.05, 4.69) is 31.4 Å². The van der Waals surface area contributed by atoms with Gasteiger partial charge in [0, 0.05) is 23.2 Å². The minimum atomic E-state index is 0.379. The molecule has 2 rings (SSSR count). The molecular formula is C14H17NO. The highest BCUT2D eigenvalue weighted by Gasteiger charge is 2.12. The summed E-state index contributed by atoms with van der Waals surface area (Å²) < 4.78 is 2.19. The molecule has 0 N–H and O–H groups in total. The van der Waals surface area contributed by atoms with Gasteiger partial charge in [-0.1, -0.05) is 25.1 Å². The fraction of sp³-hybridized carbons (Fsp3) is 0.357. The third kappa shape index (κ3) is 1.54. The zero-order valence-electron chi connectivity index (χ0n) is 10.0. The van der Waals surface area contributed by atoms with E-state index in [9.17, 15) is 4.79 Å². The minimum Gasteiger partial charge on any atom is -0.344 e. The van der Waals surface area contributed by atoms with Crippen molar-refractivity contribution in [3.63, 3.8) is 0 Å². The molecular weight excluding hydrogens is 198 g/mol. The second-order valence-electron chi connectivity index (χ2n) is 4.37. The topological polar surface area (TPSA) is 22.0 Å². The first kappa shape index (κ1) is 10.9. The number of aromatic nitrogens is 1. The van der Waals surface area contributed by atoms with Gasteiger partial charge < -0.3 is 4.57 Å². The van der Waals surface area contributed by atoms with E-state index < -0.39 is 0 Å². The van der Waals surface area contributed by atoms with Crippen molar-refractivity contribution >= 4 is 17.2 Å². The van der Waals surface area contributed by atoms with Gasteiger partial charge in [-0.2, -0.15) is 0 Å². The summed E-state index contributed by atoms with van der Waals surface area (Å²) in [7, 11) is 0. The SMILES string of the molecule is CCc1cccc2c(C=O)cn(C(C)C)c12. The predicted octanol–water partition coefficient (Wildman–Crippen LogP) is 3.60. The lowest BCUT2D eigenvalue weighted by molar-refractivity contribution is 0.112. The predicted molar refractivity (Wildman–Crippen MR) is 67.1 cm³/mol. The molecule has 1 heterocycles. The van der Waals surface area contributed by atoms with E-state index in [4.69, 9.17) is 0 Å². The van der Waals surface area contributed by atoms with Crippen LogP contribution in [-0.2, 0) is 6.42 Å². The molecule has 0 fully saturated rings. The van der Waals surface area contributed by atoms with Crippen LogP contribution in [0.5, 0.6) is 0 Å². The third-order valence-corrected chi connectivity index (χ3v) is 3.03. The number of hydrogen-bond donors (Lipinski definition) is 0. The van der Waals surface area contributed by atoms with Crippen LogP contribution in [0.1, 0.15) is 42.7 Å². The van der Waals surface area contributed by atoms with Crippen molar-refractivity contribution in [2.45, 2.75) is 33.2 Å². The van der Waals surface area contributed by atoms with Crippen LogP contribution in [0, 0.1) is 0 Å². The summed E-state index contributed by atoms with van der Waals surface area (Å²) >= 11 is 0. The minimum absolute atomic E-state index is 0.379. The molecule has 0 radical (unpaired) electrons. The molecule has 2 heteroatoms. The quantitative estimate of drug-likeness (QED) is 0.717. The number of hydrogen-bond acceptors (Lipinski definition) is 1. The molecule has 0 saturated heterocycles. The Balaban J connectivity index is 2.85.